The number of carbonyl (C=O) groups is 1. The number of nitro groups is 1. The first-order chi connectivity index (χ1) is 11.4. The van der Waals surface area contributed by atoms with E-state index in [0.717, 1.165) is 5.56 Å². The lowest BCUT2D eigenvalue weighted by molar-refractivity contribution is -0.384. The lowest BCUT2D eigenvalue weighted by Gasteiger charge is -2.07. The smallest absolute Gasteiger partial charge is 0.289 e. The minimum Gasteiger partial charge on any atom is -0.320 e. The van der Waals surface area contributed by atoms with Crippen LogP contribution in [0.3, 0.4) is 0 Å². The second kappa shape index (κ2) is 5.93. The minimum absolute atomic E-state index is 0.0135. The third kappa shape index (κ3) is 2.81. The number of hydrogen-bond acceptors (Lipinski definition) is 4. The molecule has 3 rings (SSSR count). The Morgan fingerprint density at radius 2 is 2.04 bits per heavy atom. The van der Waals surface area contributed by atoms with Crippen molar-refractivity contribution in [3.8, 4) is 0 Å². The maximum absolute atomic E-state index is 12.6. The molecule has 0 aliphatic carbocycles. The molecule has 0 unspecified atom stereocenters. The van der Waals surface area contributed by atoms with Crippen LogP contribution in [0, 0.1) is 24.0 Å². The van der Waals surface area contributed by atoms with Crippen LogP contribution in [0.15, 0.2) is 36.5 Å². The van der Waals surface area contributed by atoms with Crippen LogP contribution in [0.25, 0.3) is 5.65 Å². The Labute approximate surface area is 142 Å². The van der Waals surface area contributed by atoms with Gasteiger partial charge >= 0.3 is 0 Å². The molecule has 7 nitrogen and oxygen atoms in total. The third-order valence-corrected chi connectivity index (χ3v) is 3.88. The van der Waals surface area contributed by atoms with E-state index in [1.54, 1.807) is 11.3 Å². The zero-order valence-electron chi connectivity index (χ0n) is 12.9. The Morgan fingerprint density at radius 3 is 2.75 bits per heavy atom. The summed E-state index contributed by atoms with van der Waals surface area (Å²) in [6, 6.07) is 7.85. The van der Waals surface area contributed by atoms with Crippen LogP contribution in [0.5, 0.6) is 0 Å². The molecule has 0 bridgehead atoms. The number of nitrogens with zero attached hydrogens (tertiary/aromatic N) is 3. The van der Waals surface area contributed by atoms with Crippen LogP contribution in [0.1, 0.15) is 21.7 Å². The van der Waals surface area contributed by atoms with E-state index >= 15 is 0 Å². The molecule has 0 spiro atoms. The Hall–Kier alpha value is -2.93. The number of aromatic nitrogens is 2. The van der Waals surface area contributed by atoms with Crippen molar-refractivity contribution >= 4 is 34.5 Å². The van der Waals surface area contributed by atoms with E-state index < -0.39 is 10.8 Å². The summed E-state index contributed by atoms with van der Waals surface area (Å²) in [4.78, 5) is 27.3. The molecular weight excluding hydrogens is 332 g/mol. The second-order valence-electron chi connectivity index (χ2n) is 5.36. The average molecular weight is 345 g/mol. The van der Waals surface area contributed by atoms with Gasteiger partial charge in [-0.05, 0) is 37.6 Å². The van der Waals surface area contributed by atoms with Gasteiger partial charge in [0.2, 0.25) is 0 Å². The van der Waals surface area contributed by atoms with Crippen molar-refractivity contribution in [2.45, 2.75) is 13.8 Å². The number of fused-ring (bicyclic) bond motifs is 1. The quantitative estimate of drug-likeness (QED) is 0.578. The van der Waals surface area contributed by atoms with Crippen LogP contribution < -0.4 is 5.32 Å². The first-order valence-corrected chi connectivity index (χ1v) is 7.45. The lowest BCUT2D eigenvalue weighted by atomic mass is 10.2. The molecule has 0 atom stereocenters. The molecule has 1 aromatic carbocycles. The van der Waals surface area contributed by atoms with E-state index in [-0.39, 0.29) is 16.4 Å². The highest BCUT2D eigenvalue weighted by Crippen LogP contribution is 2.27. The summed E-state index contributed by atoms with van der Waals surface area (Å²) in [6.07, 6.45) is 1.81. The third-order valence-electron chi connectivity index (χ3n) is 3.56. The predicted octanol–water partition coefficient (Wildman–Crippen LogP) is 3.77. The summed E-state index contributed by atoms with van der Waals surface area (Å²) >= 11 is 5.78. The van der Waals surface area contributed by atoms with Gasteiger partial charge in [-0.3, -0.25) is 19.3 Å². The fraction of sp³-hybridized carbons (Fsp3) is 0.125. The number of pyridine rings is 1. The number of rotatable bonds is 3. The molecule has 24 heavy (non-hydrogen) atoms. The van der Waals surface area contributed by atoms with Gasteiger partial charge in [-0.1, -0.05) is 17.7 Å². The number of benzene rings is 1. The molecular formula is C16H13ClN4O3. The van der Waals surface area contributed by atoms with Crippen molar-refractivity contribution in [3.05, 3.63) is 68.6 Å². The summed E-state index contributed by atoms with van der Waals surface area (Å²) in [6.45, 7) is 3.65. The van der Waals surface area contributed by atoms with Gasteiger partial charge in [-0.25, -0.2) is 4.98 Å². The Balaban J connectivity index is 1.99. The van der Waals surface area contributed by atoms with Crippen molar-refractivity contribution in [1.29, 1.82) is 0 Å². The van der Waals surface area contributed by atoms with E-state index in [1.165, 1.54) is 18.2 Å². The zero-order chi connectivity index (χ0) is 17.4. The van der Waals surface area contributed by atoms with Gasteiger partial charge in [-0.15, -0.1) is 0 Å². The SMILES string of the molecule is Cc1ccc2nc(C)c(C(=O)Nc3ccc(Cl)c([N+](=O)[O-])c3)n2c1. The van der Waals surface area contributed by atoms with Crippen molar-refractivity contribution in [3.63, 3.8) is 0 Å². The van der Waals surface area contributed by atoms with Crippen LogP contribution in [0.2, 0.25) is 5.02 Å². The topological polar surface area (TPSA) is 89.5 Å². The second-order valence-corrected chi connectivity index (χ2v) is 5.77. The van der Waals surface area contributed by atoms with Gasteiger partial charge in [0.1, 0.15) is 16.4 Å². The Morgan fingerprint density at radius 1 is 1.29 bits per heavy atom. The lowest BCUT2D eigenvalue weighted by Crippen LogP contribution is -2.15. The fourth-order valence-corrected chi connectivity index (χ4v) is 2.65. The highest BCUT2D eigenvalue weighted by molar-refractivity contribution is 6.32. The average Bonchev–Trinajstić information content (AvgIpc) is 2.84. The molecule has 0 fully saturated rings. The first kappa shape index (κ1) is 15.9. The van der Waals surface area contributed by atoms with Crippen molar-refractivity contribution < 1.29 is 9.72 Å². The van der Waals surface area contributed by atoms with Crippen molar-refractivity contribution in [2.75, 3.05) is 5.32 Å². The van der Waals surface area contributed by atoms with Crippen LogP contribution in [-0.2, 0) is 0 Å². The number of aryl methyl sites for hydroxylation is 2. The van der Waals surface area contributed by atoms with Crippen molar-refractivity contribution in [1.82, 2.24) is 9.38 Å². The maximum atomic E-state index is 12.6. The van der Waals surface area contributed by atoms with Crippen LogP contribution in [0.4, 0.5) is 11.4 Å². The van der Waals surface area contributed by atoms with Gasteiger partial charge < -0.3 is 5.32 Å². The van der Waals surface area contributed by atoms with E-state index in [1.807, 2.05) is 25.3 Å². The monoisotopic (exact) mass is 344 g/mol. The summed E-state index contributed by atoms with van der Waals surface area (Å²) < 4.78 is 1.70. The van der Waals surface area contributed by atoms with Gasteiger partial charge in [0.25, 0.3) is 11.6 Å². The molecule has 3 aromatic rings. The molecule has 0 saturated carbocycles. The highest BCUT2D eigenvalue weighted by atomic mass is 35.5. The zero-order valence-corrected chi connectivity index (χ0v) is 13.7. The standard InChI is InChI=1S/C16H13ClN4O3/c1-9-3-6-14-18-10(2)15(20(14)8-9)16(22)19-11-4-5-12(17)13(7-11)21(23)24/h3-8H,1-2H3,(H,19,22). The Bertz CT molecular complexity index is 981. The number of nitrogens with one attached hydrogen (secondary N) is 1. The number of hydrogen-bond donors (Lipinski definition) is 1. The van der Waals surface area contributed by atoms with Crippen LogP contribution >= 0.6 is 11.6 Å². The van der Waals surface area contributed by atoms with Gasteiger partial charge in [-0.2, -0.15) is 0 Å². The number of anilines is 1. The van der Waals surface area contributed by atoms with E-state index in [0.29, 0.717) is 17.0 Å². The molecule has 0 radical (unpaired) electrons. The molecule has 0 aliphatic rings. The van der Waals surface area contributed by atoms with E-state index in [9.17, 15) is 14.9 Å². The molecule has 1 amide bonds. The molecule has 0 aliphatic heterocycles. The Kier molecular flexibility index (Phi) is 3.94. The van der Waals surface area contributed by atoms with Crippen molar-refractivity contribution in [2.24, 2.45) is 0 Å². The molecule has 2 heterocycles. The minimum atomic E-state index is -0.596. The fourth-order valence-electron chi connectivity index (χ4n) is 2.46. The highest BCUT2D eigenvalue weighted by Gasteiger charge is 2.19. The molecule has 1 N–H and O–H groups in total. The maximum Gasteiger partial charge on any atom is 0.289 e. The first-order valence-electron chi connectivity index (χ1n) is 7.07. The predicted molar refractivity (Wildman–Crippen MR) is 90.7 cm³/mol. The molecule has 122 valence electrons. The van der Waals surface area contributed by atoms with Gasteiger partial charge in [0, 0.05) is 18.0 Å². The molecule has 8 heteroatoms. The number of nitro benzene ring substituents is 1. The molecule has 0 saturated heterocycles. The normalized spacial score (nSPS) is 10.8. The summed E-state index contributed by atoms with van der Waals surface area (Å²) in [5.74, 6) is -0.401. The van der Waals surface area contributed by atoms with Gasteiger partial charge in [0.15, 0.2) is 0 Å². The number of imidazole rings is 1. The molecule has 2 aromatic heterocycles. The van der Waals surface area contributed by atoms with E-state index in [4.69, 9.17) is 11.6 Å². The summed E-state index contributed by atoms with van der Waals surface area (Å²) in [5, 5.41) is 13.6. The number of carbonyl (C=O) groups excluding carboxylic acids is 1. The van der Waals surface area contributed by atoms with E-state index in [2.05, 4.69) is 10.3 Å². The van der Waals surface area contributed by atoms with Gasteiger partial charge in [0.05, 0.1) is 10.6 Å². The number of amides is 1. The summed E-state index contributed by atoms with van der Waals surface area (Å²) in [7, 11) is 0. The van der Waals surface area contributed by atoms with Crippen LogP contribution in [-0.4, -0.2) is 20.2 Å². The summed E-state index contributed by atoms with van der Waals surface area (Å²) in [5.41, 5.74) is 2.62. The largest absolute Gasteiger partial charge is 0.320 e. The number of halogens is 1.